The van der Waals surface area contributed by atoms with Gasteiger partial charge in [0.25, 0.3) is 0 Å². The molecule has 5 nitrogen and oxygen atoms in total. The summed E-state index contributed by atoms with van der Waals surface area (Å²) in [6, 6.07) is 17.6. The summed E-state index contributed by atoms with van der Waals surface area (Å²) >= 11 is 1.39. The lowest BCUT2D eigenvalue weighted by Crippen LogP contribution is -2.23. The molecule has 1 aromatic heterocycles. The Labute approximate surface area is 163 Å². The first kappa shape index (κ1) is 18.9. The van der Waals surface area contributed by atoms with Gasteiger partial charge in [0.2, 0.25) is 5.91 Å². The van der Waals surface area contributed by atoms with E-state index in [-0.39, 0.29) is 11.2 Å². The highest BCUT2D eigenvalue weighted by atomic mass is 32.2. The minimum Gasteiger partial charge on any atom is -0.325 e. The van der Waals surface area contributed by atoms with Crippen LogP contribution < -0.4 is 5.32 Å². The Morgan fingerprint density at radius 1 is 1.22 bits per heavy atom. The van der Waals surface area contributed by atoms with Crippen LogP contribution in [0.5, 0.6) is 0 Å². The number of benzene rings is 2. The number of nitrogens with one attached hydrogen (secondary N) is 1. The number of carbonyl (C=O) groups excluding carboxylic acids is 1. The second-order valence-corrected chi connectivity index (χ2v) is 7.50. The summed E-state index contributed by atoms with van der Waals surface area (Å²) in [5, 5.41) is 12.0. The van der Waals surface area contributed by atoms with Crippen LogP contribution in [0.15, 0.2) is 72.4 Å². The summed E-state index contributed by atoms with van der Waals surface area (Å²) in [5.41, 5.74) is 2.88. The first-order valence-electron chi connectivity index (χ1n) is 8.72. The number of thioether (sulfide) groups is 1. The summed E-state index contributed by atoms with van der Waals surface area (Å²) in [5.74, 6) is 0.698. The summed E-state index contributed by atoms with van der Waals surface area (Å²) in [7, 11) is 0. The lowest BCUT2D eigenvalue weighted by Gasteiger charge is -2.13. The Morgan fingerprint density at radius 2 is 2.00 bits per heavy atom. The average Bonchev–Trinajstić information content (AvgIpc) is 3.05. The third-order valence-corrected chi connectivity index (χ3v) is 5.08. The van der Waals surface area contributed by atoms with Crippen LogP contribution in [0.4, 0.5) is 5.69 Å². The van der Waals surface area contributed by atoms with E-state index in [4.69, 9.17) is 0 Å². The number of hydrogen-bond donors (Lipinski definition) is 1. The maximum absolute atomic E-state index is 12.6. The van der Waals surface area contributed by atoms with E-state index in [0.29, 0.717) is 11.7 Å². The lowest BCUT2D eigenvalue weighted by molar-refractivity contribution is -0.115. The zero-order valence-corrected chi connectivity index (χ0v) is 16.2. The van der Waals surface area contributed by atoms with Crippen molar-refractivity contribution in [3.05, 3.63) is 72.8 Å². The highest BCUT2D eigenvalue weighted by molar-refractivity contribution is 8.00. The Balaban J connectivity index is 1.77. The van der Waals surface area contributed by atoms with E-state index in [1.807, 2.05) is 73.0 Å². The zero-order chi connectivity index (χ0) is 19.2. The van der Waals surface area contributed by atoms with Crippen LogP contribution >= 0.6 is 11.8 Å². The molecule has 0 aliphatic heterocycles. The number of aromatic nitrogens is 3. The van der Waals surface area contributed by atoms with E-state index in [9.17, 15) is 4.79 Å². The minimum absolute atomic E-state index is 0.0694. The van der Waals surface area contributed by atoms with Gasteiger partial charge in [0.05, 0.1) is 5.25 Å². The molecule has 1 N–H and O–H groups in total. The fourth-order valence-electron chi connectivity index (χ4n) is 2.65. The van der Waals surface area contributed by atoms with Crippen molar-refractivity contribution in [1.29, 1.82) is 0 Å². The molecule has 1 atom stereocenters. The summed E-state index contributed by atoms with van der Waals surface area (Å²) in [4.78, 5) is 12.6. The maximum Gasteiger partial charge on any atom is 0.237 e. The van der Waals surface area contributed by atoms with Crippen molar-refractivity contribution in [3.63, 3.8) is 0 Å². The van der Waals surface area contributed by atoms with E-state index in [1.165, 1.54) is 11.8 Å². The molecule has 0 radical (unpaired) electrons. The molecule has 0 spiro atoms. The molecule has 0 bridgehead atoms. The maximum atomic E-state index is 12.6. The molecule has 0 aliphatic rings. The van der Waals surface area contributed by atoms with Crippen molar-refractivity contribution in [2.45, 2.75) is 30.8 Å². The van der Waals surface area contributed by atoms with Crippen LogP contribution in [-0.2, 0) is 11.3 Å². The first-order valence-corrected chi connectivity index (χ1v) is 9.60. The minimum atomic E-state index is -0.318. The van der Waals surface area contributed by atoms with Crippen LogP contribution in [0.1, 0.15) is 12.5 Å². The van der Waals surface area contributed by atoms with Crippen molar-refractivity contribution < 1.29 is 4.79 Å². The molecule has 0 saturated heterocycles. The van der Waals surface area contributed by atoms with E-state index >= 15 is 0 Å². The van der Waals surface area contributed by atoms with Gasteiger partial charge in [-0.25, -0.2) is 0 Å². The van der Waals surface area contributed by atoms with Crippen molar-refractivity contribution >= 4 is 23.4 Å². The molecule has 3 rings (SSSR count). The van der Waals surface area contributed by atoms with Crippen molar-refractivity contribution in [3.8, 4) is 11.4 Å². The van der Waals surface area contributed by atoms with Gasteiger partial charge in [0.15, 0.2) is 11.0 Å². The number of allylic oxidation sites excluding steroid dienone is 1. The molecular weight excluding hydrogens is 356 g/mol. The topological polar surface area (TPSA) is 59.8 Å². The van der Waals surface area contributed by atoms with Crippen LogP contribution in [-0.4, -0.2) is 25.9 Å². The number of nitrogens with zero attached hydrogens (tertiary/aromatic N) is 3. The molecule has 0 fully saturated rings. The summed E-state index contributed by atoms with van der Waals surface area (Å²) in [6.07, 6.45) is 1.80. The molecule has 3 aromatic rings. The van der Waals surface area contributed by atoms with E-state index in [2.05, 4.69) is 22.1 Å². The predicted octanol–water partition coefficient (Wildman–Crippen LogP) is 4.56. The second kappa shape index (κ2) is 8.68. The van der Waals surface area contributed by atoms with Crippen molar-refractivity contribution in [1.82, 2.24) is 14.8 Å². The molecule has 6 heteroatoms. The third-order valence-electron chi connectivity index (χ3n) is 4.00. The highest BCUT2D eigenvalue weighted by Gasteiger charge is 2.20. The number of anilines is 1. The number of hydrogen-bond acceptors (Lipinski definition) is 4. The molecule has 27 heavy (non-hydrogen) atoms. The van der Waals surface area contributed by atoms with Gasteiger partial charge in [0, 0.05) is 17.8 Å². The molecule has 2 aromatic carbocycles. The van der Waals surface area contributed by atoms with Gasteiger partial charge in [-0.05, 0) is 31.5 Å². The number of amides is 1. The summed E-state index contributed by atoms with van der Waals surface area (Å²) < 4.78 is 1.98. The molecular formula is C21H22N4OS. The Bertz CT molecular complexity index is 936. The molecule has 1 heterocycles. The number of rotatable bonds is 7. The second-order valence-electron chi connectivity index (χ2n) is 6.19. The smallest absolute Gasteiger partial charge is 0.237 e. The summed E-state index contributed by atoms with van der Waals surface area (Å²) in [6.45, 7) is 8.26. The van der Waals surface area contributed by atoms with E-state index < -0.39 is 0 Å². The standard InChI is InChI=1S/C21H22N4OS/c1-4-13-25-19(17-10-6-5-7-11-17)23-24-21(25)27-16(3)20(26)22-18-12-8-9-15(2)14-18/h4-12,14,16H,1,13H2,2-3H3,(H,22,26). The van der Waals surface area contributed by atoms with Crippen molar-refractivity contribution in [2.75, 3.05) is 5.32 Å². The quantitative estimate of drug-likeness (QED) is 0.484. The van der Waals surface area contributed by atoms with Crippen LogP contribution in [0, 0.1) is 6.92 Å². The molecule has 138 valence electrons. The Kier molecular flexibility index (Phi) is 6.08. The normalized spacial score (nSPS) is 11.8. The predicted molar refractivity (Wildman–Crippen MR) is 111 cm³/mol. The van der Waals surface area contributed by atoms with Gasteiger partial charge in [-0.15, -0.1) is 16.8 Å². The number of aryl methyl sites for hydroxylation is 1. The zero-order valence-electron chi connectivity index (χ0n) is 15.4. The van der Waals surface area contributed by atoms with Crippen molar-refractivity contribution in [2.24, 2.45) is 0 Å². The van der Waals surface area contributed by atoms with Gasteiger partial charge in [0.1, 0.15) is 0 Å². The average molecular weight is 379 g/mol. The Hall–Kier alpha value is -2.86. The lowest BCUT2D eigenvalue weighted by atomic mass is 10.2. The highest BCUT2D eigenvalue weighted by Crippen LogP contribution is 2.27. The number of carbonyl (C=O) groups is 1. The van der Waals surface area contributed by atoms with Gasteiger partial charge < -0.3 is 5.32 Å². The third kappa shape index (κ3) is 4.65. The van der Waals surface area contributed by atoms with Crippen LogP contribution in [0.25, 0.3) is 11.4 Å². The largest absolute Gasteiger partial charge is 0.325 e. The molecule has 1 unspecified atom stereocenters. The Morgan fingerprint density at radius 3 is 2.70 bits per heavy atom. The molecule has 0 aliphatic carbocycles. The fraction of sp³-hybridized carbons (Fsp3) is 0.190. The van der Waals surface area contributed by atoms with E-state index in [0.717, 1.165) is 22.6 Å². The van der Waals surface area contributed by atoms with Crippen LogP contribution in [0.2, 0.25) is 0 Å². The monoisotopic (exact) mass is 378 g/mol. The first-order chi connectivity index (χ1) is 13.1. The fourth-order valence-corrected chi connectivity index (χ4v) is 3.51. The SMILES string of the molecule is C=CCn1c(SC(C)C(=O)Nc2cccc(C)c2)nnc1-c1ccccc1. The van der Waals surface area contributed by atoms with Gasteiger partial charge in [-0.2, -0.15) is 0 Å². The van der Waals surface area contributed by atoms with E-state index in [1.54, 1.807) is 6.08 Å². The van der Waals surface area contributed by atoms with Gasteiger partial charge in [-0.1, -0.05) is 60.3 Å². The van der Waals surface area contributed by atoms with Gasteiger partial charge in [-0.3, -0.25) is 9.36 Å². The van der Waals surface area contributed by atoms with Gasteiger partial charge >= 0.3 is 0 Å². The molecule has 1 amide bonds. The van der Waals surface area contributed by atoms with Crippen LogP contribution in [0.3, 0.4) is 0 Å². The molecule has 0 saturated carbocycles.